The topological polar surface area (TPSA) is 207 Å². The molecule has 0 atom stereocenters. The summed E-state index contributed by atoms with van der Waals surface area (Å²) in [6, 6.07) is 8.56. The number of carboxylic acids is 1. The standard InChI is InChI=1S/C35H42N2O11S3/c1-34(2)27-23-25(50(43,44)45)16-18-29(27)36(20-12-8-11-15-33(38)39)31(34)13-9-6-5-7-10-14-32-35(3,4)28-24-26(51(46,47)48)17-19-30(28)37(32)21-22-49(40,41)42/h5-7,9-10,13-14,16-19,23-24H,8,11-12,15,20-22H2,1-4H3,(H3-,38,39,40,41,42,43,44,45,46,47,48)/p+1. The number of unbranched alkanes of at least 4 members (excludes halogenated alkanes) is 2. The Balaban J connectivity index is 1.60. The Morgan fingerprint density at radius 1 is 0.765 bits per heavy atom. The Morgan fingerprint density at radius 3 is 1.96 bits per heavy atom. The molecule has 0 saturated heterocycles. The van der Waals surface area contributed by atoms with Gasteiger partial charge < -0.3 is 10.0 Å². The second kappa shape index (κ2) is 15.0. The van der Waals surface area contributed by atoms with Crippen LogP contribution in [-0.2, 0) is 46.0 Å². The van der Waals surface area contributed by atoms with Crippen LogP contribution in [0.15, 0.2) is 94.4 Å². The van der Waals surface area contributed by atoms with Crippen LogP contribution < -0.4 is 4.90 Å². The molecule has 0 spiro atoms. The lowest BCUT2D eigenvalue weighted by molar-refractivity contribution is -0.438. The largest absolute Gasteiger partial charge is 0.481 e. The molecular formula is C35H43N2O11S3+. The summed E-state index contributed by atoms with van der Waals surface area (Å²) in [5.74, 6) is -1.42. The van der Waals surface area contributed by atoms with E-state index in [9.17, 15) is 43.7 Å². The molecule has 16 heteroatoms. The van der Waals surface area contributed by atoms with Crippen molar-refractivity contribution >= 4 is 53.4 Å². The minimum absolute atomic E-state index is 0.0767. The van der Waals surface area contributed by atoms with E-state index in [-0.39, 0.29) is 22.8 Å². The molecule has 51 heavy (non-hydrogen) atoms. The number of allylic oxidation sites excluding steroid dienone is 8. The lowest BCUT2D eigenvalue weighted by atomic mass is 9.81. The van der Waals surface area contributed by atoms with E-state index in [0.717, 1.165) is 17.0 Å². The SMILES string of the molecule is CC1(C)C(/C=C/C=C/C=C/C=C2/N(CCS(=O)(=O)O)c3ccc(S(=O)(=O)O)cc3C2(C)C)=[N+](CCCCCC(=O)O)c2ccc(S(=O)(=O)O)cc21. The summed E-state index contributed by atoms with van der Waals surface area (Å²) in [6.07, 6.45) is 14.5. The highest BCUT2D eigenvalue weighted by Crippen LogP contribution is 2.48. The minimum Gasteiger partial charge on any atom is -0.481 e. The summed E-state index contributed by atoms with van der Waals surface area (Å²) in [5.41, 5.74) is 2.70. The quantitative estimate of drug-likeness (QED) is 0.0775. The van der Waals surface area contributed by atoms with Gasteiger partial charge in [-0.3, -0.25) is 18.5 Å². The number of carbonyl (C=O) groups is 1. The van der Waals surface area contributed by atoms with Crippen molar-refractivity contribution in [1.29, 1.82) is 0 Å². The molecule has 0 unspecified atom stereocenters. The van der Waals surface area contributed by atoms with Gasteiger partial charge in [0.05, 0.1) is 21.0 Å². The van der Waals surface area contributed by atoms with Crippen molar-refractivity contribution in [3.8, 4) is 0 Å². The first-order valence-corrected chi connectivity index (χ1v) is 20.6. The molecule has 0 bridgehead atoms. The van der Waals surface area contributed by atoms with Gasteiger partial charge in [0, 0.05) is 53.9 Å². The second-order valence-corrected chi connectivity index (χ2v) is 17.8. The van der Waals surface area contributed by atoms with Crippen molar-refractivity contribution in [3.63, 3.8) is 0 Å². The molecule has 4 rings (SSSR count). The molecule has 2 aliphatic rings. The van der Waals surface area contributed by atoms with Crippen LogP contribution in [0.1, 0.15) is 64.5 Å². The van der Waals surface area contributed by atoms with Crippen molar-refractivity contribution in [3.05, 3.63) is 95.8 Å². The van der Waals surface area contributed by atoms with Gasteiger partial charge in [-0.05, 0) is 68.7 Å². The van der Waals surface area contributed by atoms with E-state index in [2.05, 4.69) is 4.58 Å². The highest BCUT2D eigenvalue weighted by Gasteiger charge is 2.45. The van der Waals surface area contributed by atoms with Crippen LogP contribution in [0.2, 0.25) is 0 Å². The van der Waals surface area contributed by atoms with Gasteiger partial charge in [0.1, 0.15) is 6.54 Å². The average molecular weight is 764 g/mol. The van der Waals surface area contributed by atoms with Gasteiger partial charge in [-0.25, -0.2) is 0 Å². The van der Waals surface area contributed by atoms with Crippen LogP contribution in [0.3, 0.4) is 0 Å². The van der Waals surface area contributed by atoms with Gasteiger partial charge in [0.15, 0.2) is 5.71 Å². The van der Waals surface area contributed by atoms with Crippen molar-refractivity contribution in [2.24, 2.45) is 0 Å². The maximum Gasteiger partial charge on any atom is 0.303 e. The fraction of sp³-hybridized carbons (Fsp3) is 0.371. The lowest BCUT2D eigenvalue weighted by Crippen LogP contribution is -2.30. The van der Waals surface area contributed by atoms with Crippen molar-refractivity contribution in [2.75, 3.05) is 23.7 Å². The molecule has 276 valence electrons. The van der Waals surface area contributed by atoms with E-state index in [0.29, 0.717) is 42.8 Å². The first kappa shape index (κ1) is 39.8. The molecular weight excluding hydrogens is 721 g/mol. The molecule has 2 aromatic rings. The number of benzene rings is 2. The molecule has 2 aromatic carbocycles. The van der Waals surface area contributed by atoms with Crippen molar-refractivity contribution in [1.82, 2.24) is 0 Å². The normalized spacial score (nSPS) is 18.1. The Morgan fingerprint density at radius 2 is 1.35 bits per heavy atom. The maximum atomic E-state index is 11.9. The monoisotopic (exact) mass is 763 g/mol. The number of nitrogens with zero attached hydrogens (tertiary/aromatic N) is 2. The number of rotatable bonds is 15. The van der Waals surface area contributed by atoms with E-state index < -0.39 is 52.9 Å². The van der Waals surface area contributed by atoms with Crippen LogP contribution in [0.4, 0.5) is 11.4 Å². The number of carboxylic acid groups (broad SMARTS) is 1. The van der Waals surface area contributed by atoms with E-state index >= 15 is 0 Å². The number of fused-ring (bicyclic) bond motifs is 2. The molecule has 4 N–H and O–H groups in total. The zero-order valence-electron chi connectivity index (χ0n) is 28.7. The molecule has 0 fully saturated rings. The lowest BCUT2D eigenvalue weighted by Gasteiger charge is -2.26. The van der Waals surface area contributed by atoms with E-state index in [1.165, 1.54) is 30.3 Å². The van der Waals surface area contributed by atoms with Crippen LogP contribution in [0, 0.1) is 0 Å². The summed E-state index contributed by atoms with van der Waals surface area (Å²) in [5, 5.41) is 8.98. The summed E-state index contributed by atoms with van der Waals surface area (Å²) < 4.78 is 101. The Hall–Kier alpha value is -3.93. The van der Waals surface area contributed by atoms with E-state index in [4.69, 9.17) is 5.11 Å². The van der Waals surface area contributed by atoms with Gasteiger partial charge in [0.2, 0.25) is 5.69 Å². The predicted octanol–water partition coefficient (Wildman–Crippen LogP) is 5.44. The van der Waals surface area contributed by atoms with Crippen LogP contribution in [0.5, 0.6) is 0 Å². The molecule has 0 radical (unpaired) electrons. The summed E-state index contributed by atoms with van der Waals surface area (Å²) in [6.45, 7) is 8.04. The third-order valence-electron chi connectivity index (χ3n) is 9.12. The third kappa shape index (κ3) is 9.30. The minimum atomic E-state index is -4.49. The predicted molar refractivity (Wildman–Crippen MR) is 194 cm³/mol. The number of hydrogen-bond donors (Lipinski definition) is 4. The Kier molecular flexibility index (Phi) is 11.7. The fourth-order valence-electron chi connectivity index (χ4n) is 6.53. The van der Waals surface area contributed by atoms with E-state index in [1.54, 1.807) is 41.3 Å². The summed E-state index contributed by atoms with van der Waals surface area (Å²) >= 11 is 0. The van der Waals surface area contributed by atoms with Crippen LogP contribution in [0.25, 0.3) is 0 Å². The number of hydrogen-bond acceptors (Lipinski definition) is 8. The molecule has 2 aliphatic heterocycles. The highest BCUT2D eigenvalue weighted by atomic mass is 32.2. The molecule has 13 nitrogen and oxygen atoms in total. The van der Waals surface area contributed by atoms with Gasteiger partial charge in [0.25, 0.3) is 30.4 Å². The van der Waals surface area contributed by atoms with E-state index in [1.807, 2.05) is 39.8 Å². The summed E-state index contributed by atoms with van der Waals surface area (Å²) in [4.78, 5) is 12.1. The summed E-state index contributed by atoms with van der Waals surface area (Å²) in [7, 11) is -13.2. The van der Waals surface area contributed by atoms with Crippen molar-refractivity contribution < 1.29 is 53.4 Å². The Labute approximate surface area is 299 Å². The first-order valence-electron chi connectivity index (χ1n) is 16.1. The van der Waals surface area contributed by atoms with Crippen LogP contribution >= 0.6 is 0 Å². The second-order valence-electron chi connectivity index (χ2n) is 13.4. The zero-order chi connectivity index (χ0) is 38.0. The first-order chi connectivity index (χ1) is 23.5. The molecule has 0 aliphatic carbocycles. The molecule has 2 heterocycles. The molecule has 0 aromatic heterocycles. The van der Waals surface area contributed by atoms with Crippen LogP contribution in [-0.4, -0.2) is 79.1 Å². The average Bonchev–Trinajstić information content (AvgIpc) is 3.35. The Bertz CT molecular complexity index is 2190. The van der Waals surface area contributed by atoms with Crippen molar-refractivity contribution in [2.45, 2.75) is 74.0 Å². The molecule has 0 amide bonds. The van der Waals surface area contributed by atoms with Gasteiger partial charge in [-0.1, -0.05) is 44.2 Å². The van der Waals surface area contributed by atoms with Gasteiger partial charge in [-0.2, -0.15) is 29.8 Å². The fourth-order valence-corrected chi connectivity index (χ4v) is 7.95. The number of aliphatic carboxylic acids is 1. The van der Waals surface area contributed by atoms with Gasteiger partial charge in [-0.15, -0.1) is 0 Å². The number of anilines is 1. The maximum absolute atomic E-state index is 11.9. The molecule has 0 saturated carbocycles. The third-order valence-corrected chi connectivity index (χ3v) is 11.5. The highest BCUT2D eigenvalue weighted by molar-refractivity contribution is 7.86. The van der Waals surface area contributed by atoms with Gasteiger partial charge >= 0.3 is 5.97 Å². The smallest absolute Gasteiger partial charge is 0.303 e. The zero-order valence-corrected chi connectivity index (χ0v) is 31.2.